The average molecular weight is 380 g/mol. The fraction of sp³-hybridized carbons (Fsp3) is 0.455. The van der Waals surface area contributed by atoms with E-state index in [1.54, 1.807) is 12.4 Å². The van der Waals surface area contributed by atoms with Crippen LogP contribution in [0.1, 0.15) is 34.6 Å². The molecule has 0 spiro atoms. The molecule has 1 amide bonds. The largest absolute Gasteiger partial charge is 0.490 e. The second-order valence-corrected chi connectivity index (χ2v) is 7.85. The Morgan fingerprint density at radius 2 is 2.25 bits per heavy atom. The predicted octanol–water partition coefficient (Wildman–Crippen LogP) is 3.02. The van der Waals surface area contributed by atoms with Crippen LogP contribution in [-0.4, -0.2) is 58.0 Å². The fourth-order valence-electron chi connectivity index (χ4n) is 4.36. The molecule has 3 aliphatic rings. The van der Waals surface area contributed by atoms with Crippen LogP contribution in [-0.2, 0) is 6.54 Å². The molecule has 1 aromatic carbocycles. The highest BCUT2D eigenvalue weighted by Crippen LogP contribution is 2.30. The van der Waals surface area contributed by atoms with Gasteiger partial charge in [-0.1, -0.05) is 18.7 Å². The van der Waals surface area contributed by atoms with Crippen molar-refractivity contribution in [1.29, 1.82) is 0 Å². The molecule has 2 bridgehead atoms. The minimum atomic E-state index is 0.108. The number of hydrogen-bond acceptors (Lipinski definition) is 4. The Hall–Kier alpha value is -2.60. The number of aromatic nitrogens is 2. The van der Waals surface area contributed by atoms with Gasteiger partial charge in [0.25, 0.3) is 5.91 Å². The molecule has 1 aromatic heterocycles. The van der Waals surface area contributed by atoms with Gasteiger partial charge in [-0.3, -0.25) is 9.69 Å². The summed E-state index contributed by atoms with van der Waals surface area (Å²) in [5, 5.41) is 0. The molecule has 0 saturated carbocycles. The van der Waals surface area contributed by atoms with Gasteiger partial charge in [0.15, 0.2) is 0 Å². The summed E-state index contributed by atoms with van der Waals surface area (Å²) in [6.45, 7) is 9.77. The summed E-state index contributed by atoms with van der Waals surface area (Å²) in [5.41, 5.74) is 2.93. The number of nitrogens with one attached hydrogen (secondary N) is 1. The molecule has 2 atom stereocenters. The summed E-state index contributed by atoms with van der Waals surface area (Å²) in [6.07, 6.45) is 5.72. The molecule has 0 aliphatic carbocycles. The smallest absolute Gasteiger partial charge is 0.254 e. The molecule has 3 saturated heterocycles. The number of nitrogens with zero attached hydrogens (tertiary/aromatic N) is 3. The number of carbonyl (C=O) groups excluding carboxylic acids is 1. The second kappa shape index (κ2) is 8.19. The van der Waals surface area contributed by atoms with E-state index in [0.29, 0.717) is 23.8 Å². The van der Waals surface area contributed by atoms with Crippen molar-refractivity contribution in [3.05, 3.63) is 60.2 Å². The van der Waals surface area contributed by atoms with Crippen molar-refractivity contribution in [1.82, 2.24) is 19.8 Å². The van der Waals surface area contributed by atoms with Gasteiger partial charge in [-0.05, 0) is 43.9 Å². The molecule has 5 rings (SSSR count). The molecule has 6 nitrogen and oxygen atoms in total. The Bertz CT molecular complexity index is 847. The van der Waals surface area contributed by atoms with Gasteiger partial charge in [0.2, 0.25) is 0 Å². The minimum absolute atomic E-state index is 0.108. The van der Waals surface area contributed by atoms with Crippen LogP contribution in [0.5, 0.6) is 5.75 Å². The van der Waals surface area contributed by atoms with Crippen LogP contribution in [0.2, 0.25) is 0 Å². The van der Waals surface area contributed by atoms with Crippen LogP contribution in [0.25, 0.3) is 0 Å². The number of benzene rings is 1. The van der Waals surface area contributed by atoms with Gasteiger partial charge in [-0.25, -0.2) is 4.98 Å². The Morgan fingerprint density at radius 1 is 1.36 bits per heavy atom. The summed E-state index contributed by atoms with van der Waals surface area (Å²) in [6, 6.07) is 7.74. The van der Waals surface area contributed by atoms with E-state index in [-0.39, 0.29) is 11.9 Å². The van der Waals surface area contributed by atoms with Crippen LogP contribution in [0.15, 0.2) is 43.2 Å². The molecular formula is C22H28N4O2. The minimum Gasteiger partial charge on any atom is -0.490 e. The van der Waals surface area contributed by atoms with E-state index in [0.717, 1.165) is 44.0 Å². The number of amides is 1. The maximum absolute atomic E-state index is 13.3. The van der Waals surface area contributed by atoms with Crippen LogP contribution in [0, 0.1) is 12.8 Å². The molecule has 148 valence electrons. The number of rotatable bonds is 6. The molecule has 1 N–H and O–H groups in total. The van der Waals surface area contributed by atoms with Crippen molar-refractivity contribution >= 4 is 5.91 Å². The number of imidazole rings is 1. The van der Waals surface area contributed by atoms with Gasteiger partial charge in [-0.15, -0.1) is 0 Å². The number of aryl methyl sites for hydroxylation is 1. The monoisotopic (exact) mass is 380 g/mol. The Kier molecular flexibility index (Phi) is 5.48. The lowest BCUT2D eigenvalue weighted by molar-refractivity contribution is 0.0584. The van der Waals surface area contributed by atoms with Gasteiger partial charge in [0.1, 0.15) is 12.4 Å². The standard InChI is InChI=1S/C22H28N4O2/c1-3-9-28-20-6-4-5-18(10-20)22(27)26-12-17-7-8-19(26)13-25(11-17)14-21-16(2)23-15-24-21/h3-6,10,15,17,19H,1,7-9,11-14H2,2H3,(H,23,24). The van der Waals surface area contributed by atoms with E-state index in [1.807, 2.05) is 24.3 Å². The van der Waals surface area contributed by atoms with Crippen molar-refractivity contribution in [3.63, 3.8) is 0 Å². The lowest BCUT2D eigenvalue weighted by Crippen LogP contribution is -2.47. The Labute approximate surface area is 166 Å². The second-order valence-electron chi connectivity index (χ2n) is 7.85. The van der Waals surface area contributed by atoms with E-state index >= 15 is 0 Å². The van der Waals surface area contributed by atoms with Gasteiger partial charge in [-0.2, -0.15) is 0 Å². The molecule has 3 fully saturated rings. The molecule has 3 aliphatic heterocycles. The van der Waals surface area contributed by atoms with Crippen LogP contribution < -0.4 is 4.74 Å². The Balaban J connectivity index is 1.48. The third-order valence-corrected chi connectivity index (χ3v) is 5.81. The highest BCUT2D eigenvalue weighted by atomic mass is 16.5. The number of piperidine rings is 1. The molecule has 28 heavy (non-hydrogen) atoms. The van der Waals surface area contributed by atoms with Gasteiger partial charge in [0.05, 0.1) is 12.0 Å². The third-order valence-electron chi connectivity index (χ3n) is 5.81. The van der Waals surface area contributed by atoms with E-state index < -0.39 is 0 Å². The van der Waals surface area contributed by atoms with Crippen LogP contribution >= 0.6 is 0 Å². The Morgan fingerprint density at radius 3 is 3.04 bits per heavy atom. The van der Waals surface area contributed by atoms with Gasteiger partial charge >= 0.3 is 0 Å². The topological polar surface area (TPSA) is 61.5 Å². The molecule has 6 heteroatoms. The zero-order valence-electron chi connectivity index (χ0n) is 16.4. The van der Waals surface area contributed by atoms with Crippen molar-refractivity contribution in [2.24, 2.45) is 5.92 Å². The van der Waals surface area contributed by atoms with E-state index in [4.69, 9.17) is 4.74 Å². The SMILES string of the molecule is C=CCOc1cccc(C(=O)N2CC3CCC2CN(Cc2nc[nH]c2C)C3)c1. The summed E-state index contributed by atoms with van der Waals surface area (Å²) in [4.78, 5) is 25.4. The van der Waals surface area contributed by atoms with Crippen molar-refractivity contribution in [2.45, 2.75) is 32.4 Å². The first-order valence-electron chi connectivity index (χ1n) is 10.00. The molecular weight excluding hydrogens is 352 g/mol. The van der Waals surface area contributed by atoms with Gasteiger partial charge < -0.3 is 14.6 Å². The summed E-state index contributed by atoms with van der Waals surface area (Å²) < 4.78 is 5.60. The number of carbonyl (C=O) groups is 1. The van der Waals surface area contributed by atoms with Crippen molar-refractivity contribution < 1.29 is 9.53 Å². The third kappa shape index (κ3) is 3.97. The maximum Gasteiger partial charge on any atom is 0.254 e. The first kappa shape index (κ1) is 18.7. The lowest BCUT2D eigenvalue weighted by Gasteiger charge is -2.36. The summed E-state index contributed by atoms with van der Waals surface area (Å²) in [7, 11) is 0. The number of hydrogen-bond donors (Lipinski definition) is 1. The average Bonchev–Trinajstić information content (AvgIpc) is 2.92. The fourth-order valence-corrected chi connectivity index (χ4v) is 4.36. The van der Waals surface area contributed by atoms with Crippen molar-refractivity contribution in [2.75, 3.05) is 26.2 Å². The van der Waals surface area contributed by atoms with E-state index in [2.05, 4.69) is 33.3 Å². The quantitative estimate of drug-likeness (QED) is 0.783. The molecule has 2 aromatic rings. The molecule has 4 heterocycles. The maximum atomic E-state index is 13.3. The van der Waals surface area contributed by atoms with Crippen LogP contribution in [0.4, 0.5) is 0 Å². The summed E-state index contributed by atoms with van der Waals surface area (Å²) in [5.74, 6) is 1.33. The first-order chi connectivity index (χ1) is 13.6. The number of H-pyrrole nitrogens is 1. The van der Waals surface area contributed by atoms with Gasteiger partial charge in [0, 0.05) is 43.5 Å². The van der Waals surface area contributed by atoms with E-state index in [9.17, 15) is 4.79 Å². The van der Waals surface area contributed by atoms with Crippen molar-refractivity contribution in [3.8, 4) is 5.75 Å². The predicted molar refractivity (Wildman–Crippen MR) is 108 cm³/mol. The number of fused-ring (bicyclic) bond motifs is 4. The number of aromatic amines is 1. The normalized spacial score (nSPS) is 22.1. The highest BCUT2D eigenvalue weighted by molar-refractivity contribution is 5.95. The highest BCUT2D eigenvalue weighted by Gasteiger charge is 2.37. The molecule has 2 unspecified atom stereocenters. The molecule has 0 radical (unpaired) electrons. The van der Waals surface area contributed by atoms with Crippen LogP contribution in [0.3, 0.4) is 0 Å². The number of ether oxygens (including phenoxy) is 1. The first-order valence-corrected chi connectivity index (χ1v) is 10.00. The summed E-state index contributed by atoms with van der Waals surface area (Å²) >= 11 is 0. The lowest BCUT2D eigenvalue weighted by atomic mass is 9.94. The van der Waals surface area contributed by atoms with E-state index in [1.165, 1.54) is 6.42 Å². The zero-order chi connectivity index (χ0) is 19.5. The zero-order valence-corrected chi connectivity index (χ0v) is 16.4.